The molecule has 0 bridgehead atoms. The SMILES string of the molecule is Cn1ncnc1Sc1nnccc1CN. The molecule has 2 heterocycles. The van der Waals surface area contributed by atoms with Crippen molar-refractivity contribution >= 4 is 11.8 Å². The van der Waals surface area contributed by atoms with Gasteiger partial charge in [-0.3, -0.25) is 0 Å². The molecule has 78 valence electrons. The molecule has 0 saturated heterocycles. The van der Waals surface area contributed by atoms with Crippen LogP contribution in [-0.2, 0) is 13.6 Å². The van der Waals surface area contributed by atoms with Crippen LogP contribution >= 0.6 is 11.8 Å². The number of hydrogen-bond acceptors (Lipinski definition) is 6. The molecule has 0 aliphatic rings. The standard InChI is InChI=1S/C8H10N6S/c1-14-8(10-5-12-14)15-7-6(4-9)2-3-11-13-7/h2-3,5H,4,9H2,1H3. The highest BCUT2D eigenvalue weighted by molar-refractivity contribution is 7.99. The van der Waals surface area contributed by atoms with Crippen LogP contribution in [-0.4, -0.2) is 25.0 Å². The Bertz CT molecular complexity index is 454. The fourth-order valence-corrected chi connectivity index (χ4v) is 1.87. The van der Waals surface area contributed by atoms with Crippen LogP contribution in [0.25, 0.3) is 0 Å². The van der Waals surface area contributed by atoms with E-state index in [-0.39, 0.29) is 0 Å². The number of aromatic nitrogens is 5. The fourth-order valence-electron chi connectivity index (χ4n) is 1.05. The van der Waals surface area contributed by atoms with E-state index in [2.05, 4.69) is 20.3 Å². The molecule has 0 saturated carbocycles. The Morgan fingerprint density at radius 1 is 1.53 bits per heavy atom. The summed E-state index contributed by atoms with van der Waals surface area (Å²) in [5, 5.41) is 13.4. The highest BCUT2D eigenvalue weighted by Crippen LogP contribution is 2.25. The second-order valence-corrected chi connectivity index (χ2v) is 3.79. The Balaban J connectivity index is 2.28. The molecule has 0 amide bonds. The van der Waals surface area contributed by atoms with Gasteiger partial charge in [0.25, 0.3) is 0 Å². The molecule has 0 aromatic carbocycles. The van der Waals surface area contributed by atoms with Crippen molar-refractivity contribution in [3.63, 3.8) is 0 Å². The first kappa shape index (κ1) is 10.1. The van der Waals surface area contributed by atoms with Crippen molar-refractivity contribution in [3.8, 4) is 0 Å². The molecular weight excluding hydrogens is 212 g/mol. The van der Waals surface area contributed by atoms with Crippen molar-refractivity contribution in [1.29, 1.82) is 0 Å². The number of nitrogens with zero attached hydrogens (tertiary/aromatic N) is 5. The molecule has 0 fully saturated rings. The molecule has 0 aliphatic carbocycles. The summed E-state index contributed by atoms with van der Waals surface area (Å²) in [7, 11) is 1.83. The van der Waals surface area contributed by atoms with E-state index in [1.807, 2.05) is 13.1 Å². The summed E-state index contributed by atoms with van der Waals surface area (Å²) >= 11 is 1.41. The predicted molar refractivity (Wildman–Crippen MR) is 55.0 cm³/mol. The van der Waals surface area contributed by atoms with Crippen molar-refractivity contribution < 1.29 is 0 Å². The number of hydrogen-bond donors (Lipinski definition) is 1. The summed E-state index contributed by atoms with van der Waals surface area (Å²) in [5.41, 5.74) is 6.55. The quantitative estimate of drug-likeness (QED) is 0.799. The number of nitrogens with two attached hydrogens (primary N) is 1. The van der Waals surface area contributed by atoms with E-state index in [4.69, 9.17) is 5.73 Å². The Hall–Kier alpha value is -1.47. The van der Waals surface area contributed by atoms with Crippen molar-refractivity contribution in [2.75, 3.05) is 0 Å². The van der Waals surface area contributed by atoms with Gasteiger partial charge in [-0.25, -0.2) is 9.67 Å². The summed E-state index contributed by atoms with van der Waals surface area (Å²) in [6, 6.07) is 1.85. The average molecular weight is 222 g/mol. The van der Waals surface area contributed by atoms with Gasteiger partial charge < -0.3 is 5.73 Å². The van der Waals surface area contributed by atoms with E-state index in [9.17, 15) is 0 Å². The minimum absolute atomic E-state index is 0.440. The van der Waals surface area contributed by atoms with Crippen molar-refractivity contribution in [1.82, 2.24) is 25.0 Å². The normalized spacial score (nSPS) is 10.5. The minimum Gasteiger partial charge on any atom is -0.326 e. The summed E-state index contributed by atoms with van der Waals surface area (Å²) in [6.07, 6.45) is 3.13. The summed E-state index contributed by atoms with van der Waals surface area (Å²) < 4.78 is 1.68. The van der Waals surface area contributed by atoms with Crippen molar-refractivity contribution in [3.05, 3.63) is 24.2 Å². The molecule has 0 atom stereocenters. The lowest BCUT2D eigenvalue weighted by molar-refractivity contribution is 0.683. The third-order valence-electron chi connectivity index (χ3n) is 1.84. The van der Waals surface area contributed by atoms with Crippen molar-refractivity contribution in [2.45, 2.75) is 16.7 Å². The van der Waals surface area contributed by atoms with Gasteiger partial charge >= 0.3 is 0 Å². The van der Waals surface area contributed by atoms with Crippen molar-refractivity contribution in [2.24, 2.45) is 12.8 Å². The number of rotatable bonds is 3. The molecule has 0 spiro atoms. The van der Waals surface area contributed by atoms with E-state index in [0.29, 0.717) is 6.54 Å². The van der Waals surface area contributed by atoms with Crippen LogP contribution < -0.4 is 5.73 Å². The van der Waals surface area contributed by atoms with E-state index < -0.39 is 0 Å². The smallest absolute Gasteiger partial charge is 0.192 e. The first-order chi connectivity index (χ1) is 7.31. The molecular formula is C8H10N6S. The maximum absolute atomic E-state index is 5.59. The van der Waals surface area contributed by atoms with E-state index in [1.54, 1.807) is 10.9 Å². The van der Waals surface area contributed by atoms with Gasteiger partial charge in [-0.2, -0.15) is 10.2 Å². The fraction of sp³-hybridized carbons (Fsp3) is 0.250. The number of aryl methyl sites for hydroxylation is 1. The van der Waals surface area contributed by atoms with Gasteiger partial charge in [0.05, 0.1) is 0 Å². The molecule has 6 nitrogen and oxygen atoms in total. The van der Waals surface area contributed by atoms with Crippen LogP contribution in [0.3, 0.4) is 0 Å². The topological polar surface area (TPSA) is 82.5 Å². The highest BCUT2D eigenvalue weighted by Gasteiger charge is 2.08. The minimum atomic E-state index is 0.440. The van der Waals surface area contributed by atoms with Gasteiger partial charge in [-0.1, -0.05) is 0 Å². The summed E-state index contributed by atoms with van der Waals surface area (Å²) in [4.78, 5) is 4.09. The molecule has 2 rings (SSSR count). The summed E-state index contributed by atoms with van der Waals surface area (Å²) in [5.74, 6) is 0. The average Bonchev–Trinajstić information content (AvgIpc) is 2.65. The van der Waals surface area contributed by atoms with Gasteiger partial charge in [0.15, 0.2) is 5.16 Å². The first-order valence-electron chi connectivity index (χ1n) is 4.33. The van der Waals surface area contributed by atoms with Crippen LogP contribution in [0.15, 0.2) is 28.8 Å². The zero-order valence-corrected chi connectivity index (χ0v) is 8.98. The molecule has 2 aromatic rings. The Morgan fingerprint density at radius 2 is 2.40 bits per heavy atom. The maximum Gasteiger partial charge on any atom is 0.192 e. The molecule has 0 radical (unpaired) electrons. The lowest BCUT2D eigenvalue weighted by atomic mass is 10.3. The summed E-state index contributed by atoms with van der Waals surface area (Å²) in [6.45, 7) is 0.440. The van der Waals surface area contributed by atoms with Crippen LogP contribution in [0.5, 0.6) is 0 Å². The van der Waals surface area contributed by atoms with Crippen LogP contribution in [0.1, 0.15) is 5.56 Å². The van der Waals surface area contributed by atoms with Crippen LogP contribution in [0, 0.1) is 0 Å². The zero-order valence-electron chi connectivity index (χ0n) is 8.16. The molecule has 0 aliphatic heterocycles. The van der Waals surface area contributed by atoms with E-state index in [0.717, 1.165) is 15.7 Å². The van der Waals surface area contributed by atoms with Gasteiger partial charge in [-0.15, -0.1) is 5.10 Å². The van der Waals surface area contributed by atoms with Crippen LogP contribution in [0.4, 0.5) is 0 Å². The lowest BCUT2D eigenvalue weighted by Crippen LogP contribution is -2.02. The Labute approximate surface area is 90.9 Å². The predicted octanol–water partition coefficient (Wildman–Crippen LogP) is 0.215. The van der Waals surface area contributed by atoms with Crippen LogP contribution in [0.2, 0.25) is 0 Å². The molecule has 15 heavy (non-hydrogen) atoms. The lowest BCUT2D eigenvalue weighted by Gasteiger charge is -2.03. The highest BCUT2D eigenvalue weighted by atomic mass is 32.2. The zero-order chi connectivity index (χ0) is 10.7. The van der Waals surface area contributed by atoms with Gasteiger partial charge in [0.2, 0.25) is 0 Å². The van der Waals surface area contributed by atoms with E-state index >= 15 is 0 Å². The Morgan fingerprint density at radius 3 is 3.07 bits per heavy atom. The molecule has 0 unspecified atom stereocenters. The molecule has 7 heteroatoms. The van der Waals surface area contributed by atoms with E-state index in [1.165, 1.54) is 18.1 Å². The largest absolute Gasteiger partial charge is 0.326 e. The van der Waals surface area contributed by atoms with Gasteiger partial charge in [-0.05, 0) is 17.8 Å². The molecule has 2 N–H and O–H groups in total. The second kappa shape index (κ2) is 4.37. The van der Waals surface area contributed by atoms with Gasteiger partial charge in [0.1, 0.15) is 11.4 Å². The Kier molecular flexibility index (Phi) is 2.93. The first-order valence-corrected chi connectivity index (χ1v) is 5.15. The second-order valence-electron chi connectivity index (χ2n) is 2.83. The maximum atomic E-state index is 5.59. The molecule has 2 aromatic heterocycles. The monoisotopic (exact) mass is 222 g/mol. The third kappa shape index (κ3) is 2.13. The van der Waals surface area contributed by atoms with Gasteiger partial charge in [0, 0.05) is 25.4 Å². The third-order valence-corrected chi connectivity index (χ3v) is 2.93.